The van der Waals surface area contributed by atoms with E-state index in [-0.39, 0.29) is 18.6 Å². The monoisotopic (exact) mass is 332 g/mol. The Hall–Kier alpha value is -2.61. The van der Waals surface area contributed by atoms with E-state index in [0.29, 0.717) is 29.4 Å². The van der Waals surface area contributed by atoms with Crippen molar-refractivity contribution in [2.45, 2.75) is 13.8 Å². The van der Waals surface area contributed by atoms with Gasteiger partial charge in [0.05, 0.1) is 0 Å². The zero-order valence-corrected chi connectivity index (χ0v) is 13.7. The molecule has 3 rings (SSSR count). The van der Waals surface area contributed by atoms with Crippen molar-refractivity contribution in [3.05, 3.63) is 24.1 Å². The largest absolute Gasteiger partial charge is 0.454 e. The van der Waals surface area contributed by atoms with E-state index in [9.17, 15) is 4.79 Å². The van der Waals surface area contributed by atoms with Gasteiger partial charge >= 0.3 is 11.8 Å². The minimum absolute atomic E-state index is 0.0535. The Kier molecular flexibility index (Phi) is 4.95. The highest BCUT2D eigenvalue weighted by Gasteiger charge is 2.19. The molecule has 8 heteroatoms. The SMILES string of the molecule is CCN(CC)CCNC(=O)c1nc(-c2ccc3c(c2)OCO3)no1. The van der Waals surface area contributed by atoms with Crippen LogP contribution < -0.4 is 14.8 Å². The Bertz CT molecular complexity index is 712. The lowest BCUT2D eigenvalue weighted by atomic mass is 10.2. The Morgan fingerprint density at radius 1 is 1.25 bits per heavy atom. The quantitative estimate of drug-likeness (QED) is 0.822. The zero-order valence-electron chi connectivity index (χ0n) is 13.7. The summed E-state index contributed by atoms with van der Waals surface area (Å²) in [6.07, 6.45) is 0. The smallest absolute Gasteiger partial charge is 0.316 e. The van der Waals surface area contributed by atoms with Gasteiger partial charge in [-0.2, -0.15) is 4.98 Å². The van der Waals surface area contributed by atoms with Crippen molar-refractivity contribution >= 4 is 5.91 Å². The molecule has 0 aliphatic carbocycles. The first-order chi connectivity index (χ1) is 11.7. The first kappa shape index (κ1) is 16.3. The van der Waals surface area contributed by atoms with Crippen LogP contribution in [0.1, 0.15) is 24.5 Å². The highest BCUT2D eigenvalue weighted by Crippen LogP contribution is 2.35. The molecule has 0 bridgehead atoms. The zero-order chi connectivity index (χ0) is 16.9. The lowest BCUT2D eigenvalue weighted by Crippen LogP contribution is -2.34. The molecule has 2 aromatic rings. The molecule has 24 heavy (non-hydrogen) atoms. The maximum Gasteiger partial charge on any atom is 0.316 e. The van der Waals surface area contributed by atoms with Gasteiger partial charge in [0.2, 0.25) is 12.6 Å². The Morgan fingerprint density at radius 2 is 2.04 bits per heavy atom. The summed E-state index contributed by atoms with van der Waals surface area (Å²) in [5.41, 5.74) is 0.699. The Labute approximate surface area is 139 Å². The second-order valence-corrected chi connectivity index (χ2v) is 5.27. The van der Waals surface area contributed by atoms with Crippen LogP contribution in [0.25, 0.3) is 11.4 Å². The molecule has 128 valence electrons. The second kappa shape index (κ2) is 7.31. The summed E-state index contributed by atoms with van der Waals surface area (Å²) < 4.78 is 15.6. The normalized spacial score (nSPS) is 12.6. The topological polar surface area (TPSA) is 89.7 Å². The van der Waals surface area contributed by atoms with Gasteiger partial charge in [0, 0.05) is 18.7 Å². The van der Waals surface area contributed by atoms with Gasteiger partial charge in [-0.25, -0.2) is 0 Å². The molecular formula is C16H20N4O4. The van der Waals surface area contributed by atoms with Gasteiger partial charge in [-0.3, -0.25) is 4.79 Å². The molecule has 0 spiro atoms. The summed E-state index contributed by atoms with van der Waals surface area (Å²) in [5, 5.41) is 6.64. The minimum Gasteiger partial charge on any atom is -0.454 e. The van der Waals surface area contributed by atoms with Crippen LogP contribution in [-0.4, -0.2) is 53.9 Å². The molecule has 0 fully saturated rings. The van der Waals surface area contributed by atoms with Crippen LogP contribution in [0, 0.1) is 0 Å². The number of fused-ring (bicyclic) bond motifs is 1. The maximum atomic E-state index is 12.1. The van der Waals surface area contributed by atoms with Crippen molar-refractivity contribution in [2.75, 3.05) is 33.0 Å². The number of benzene rings is 1. The number of amides is 1. The molecule has 1 amide bonds. The highest BCUT2D eigenvalue weighted by molar-refractivity contribution is 5.89. The van der Waals surface area contributed by atoms with Crippen LogP contribution in [0.15, 0.2) is 22.7 Å². The van der Waals surface area contributed by atoms with Crippen molar-refractivity contribution in [3.8, 4) is 22.9 Å². The predicted molar refractivity (Wildman–Crippen MR) is 86.0 cm³/mol. The average Bonchev–Trinajstić information content (AvgIpc) is 3.26. The molecule has 8 nitrogen and oxygen atoms in total. The van der Waals surface area contributed by atoms with Crippen molar-refractivity contribution < 1.29 is 18.8 Å². The number of hydrogen-bond donors (Lipinski definition) is 1. The number of carbonyl (C=O) groups excluding carboxylic acids is 1. The van der Waals surface area contributed by atoms with Gasteiger partial charge in [-0.05, 0) is 31.3 Å². The van der Waals surface area contributed by atoms with E-state index in [4.69, 9.17) is 14.0 Å². The van der Waals surface area contributed by atoms with E-state index in [2.05, 4.69) is 34.2 Å². The fraction of sp³-hybridized carbons (Fsp3) is 0.438. The van der Waals surface area contributed by atoms with Crippen LogP contribution in [-0.2, 0) is 0 Å². The van der Waals surface area contributed by atoms with Gasteiger partial charge in [0.25, 0.3) is 0 Å². The molecule has 1 aliphatic heterocycles. The standard InChI is InChI=1S/C16H20N4O4/c1-3-20(4-2)8-7-17-15(21)16-18-14(19-24-16)11-5-6-12-13(9-11)23-10-22-12/h5-6,9H,3-4,7-8,10H2,1-2H3,(H,17,21). The lowest BCUT2D eigenvalue weighted by molar-refractivity contribution is 0.0905. The van der Waals surface area contributed by atoms with Crippen molar-refractivity contribution in [3.63, 3.8) is 0 Å². The highest BCUT2D eigenvalue weighted by atomic mass is 16.7. The number of nitrogens with one attached hydrogen (secondary N) is 1. The number of aromatic nitrogens is 2. The molecule has 2 heterocycles. The number of carbonyl (C=O) groups is 1. The van der Waals surface area contributed by atoms with Crippen LogP contribution in [0.5, 0.6) is 11.5 Å². The second-order valence-electron chi connectivity index (χ2n) is 5.27. The Balaban J connectivity index is 1.62. The number of likely N-dealkylation sites (N-methyl/N-ethyl adjacent to an activating group) is 1. The Morgan fingerprint density at radius 3 is 2.83 bits per heavy atom. The molecule has 1 N–H and O–H groups in total. The lowest BCUT2D eigenvalue weighted by Gasteiger charge is -2.17. The third kappa shape index (κ3) is 3.48. The molecule has 0 saturated carbocycles. The van der Waals surface area contributed by atoms with Crippen molar-refractivity contribution in [1.82, 2.24) is 20.4 Å². The van der Waals surface area contributed by atoms with Crippen molar-refractivity contribution in [1.29, 1.82) is 0 Å². The molecule has 1 aromatic carbocycles. The first-order valence-electron chi connectivity index (χ1n) is 7.95. The molecule has 0 unspecified atom stereocenters. The van der Waals surface area contributed by atoms with Crippen LogP contribution in [0.4, 0.5) is 0 Å². The molecule has 0 saturated heterocycles. The summed E-state index contributed by atoms with van der Waals surface area (Å²) in [7, 11) is 0. The van der Waals surface area contributed by atoms with E-state index in [1.54, 1.807) is 18.2 Å². The number of hydrogen-bond acceptors (Lipinski definition) is 7. The predicted octanol–water partition coefficient (Wildman–Crippen LogP) is 1.54. The molecule has 1 aromatic heterocycles. The minimum atomic E-state index is -0.373. The van der Waals surface area contributed by atoms with Crippen LogP contribution in [0.3, 0.4) is 0 Å². The maximum absolute atomic E-state index is 12.1. The molecular weight excluding hydrogens is 312 g/mol. The van der Waals surface area contributed by atoms with Crippen LogP contribution >= 0.6 is 0 Å². The van der Waals surface area contributed by atoms with E-state index in [1.165, 1.54) is 0 Å². The fourth-order valence-electron chi connectivity index (χ4n) is 2.41. The van der Waals surface area contributed by atoms with Gasteiger partial charge < -0.3 is 24.2 Å². The number of rotatable bonds is 7. The molecule has 1 aliphatic rings. The first-order valence-corrected chi connectivity index (χ1v) is 7.95. The van der Waals surface area contributed by atoms with E-state index in [0.717, 1.165) is 19.6 Å². The molecule has 0 radical (unpaired) electrons. The van der Waals surface area contributed by atoms with Gasteiger partial charge in [-0.1, -0.05) is 19.0 Å². The third-order valence-electron chi connectivity index (χ3n) is 3.86. The summed E-state index contributed by atoms with van der Waals surface area (Å²) in [4.78, 5) is 18.4. The van der Waals surface area contributed by atoms with Gasteiger partial charge in [0.15, 0.2) is 11.5 Å². The van der Waals surface area contributed by atoms with Gasteiger partial charge in [-0.15, -0.1) is 0 Å². The summed E-state index contributed by atoms with van der Waals surface area (Å²) in [6.45, 7) is 7.57. The average molecular weight is 332 g/mol. The molecule has 0 atom stereocenters. The summed E-state index contributed by atoms with van der Waals surface area (Å²) >= 11 is 0. The van der Waals surface area contributed by atoms with Crippen LogP contribution in [0.2, 0.25) is 0 Å². The number of nitrogens with zero attached hydrogens (tertiary/aromatic N) is 3. The van der Waals surface area contributed by atoms with E-state index in [1.807, 2.05) is 0 Å². The van der Waals surface area contributed by atoms with Gasteiger partial charge in [0.1, 0.15) is 0 Å². The van der Waals surface area contributed by atoms with E-state index >= 15 is 0 Å². The van der Waals surface area contributed by atoms with Crippen molar-refractivity contribution in [2.24, 2.45) is 0 Å². The number of ether oxygens (including phenoxy) is 2. The van der Waals surface area contributed by atoms with E-state index < -0.39 is 0 Å². The summed E-state index contributed by atoms with van der Waals surface area (Å²) in [5.74, 6) is 1.21. The third-order valence-corrected chi connectivity index (χ3v) is 3.86. The fourth-order valence-corrected chi connectivity index (χ4v) is 2.41. The summed E-state index contributed by atoms with van der Waals surface area (Å²) in [6, 6.07) is 5.33.